The summed E-state index contributed by atoms with van der Waals surface area (Å²) in [7, 11) is 1.51. The smallest absolute Gasteiger partial charge is 0.142 e. The summed E-state index contributed by atoms with van der Waals surface area (Å²) in [4.78, 5) is 9.27. The zero-order chi connectivity index (χ0) is 6.53. The summed E-state index contributed by atoms with van der Waals surface area (Å²) >= 11 is 0. The molecule has 0 fully saturated rings. The minimum Gasteiger partial charge on any atom is -0.342 e. The first-order valence-electron chi connectivity index (χ1n) is 3.00. The Hall–Kier alpha value is -0.760. The molecule has 0 saturated heterocycles. The summed E-state index contributed by atoms with van der Waals surface area (Å²) in [6, 6.07) is 0. The maximum atomic E-state index is 4.79. The average molecular weight is 126 g/mol. The molecular formula is C7H10O2. The lowest BCUT2D eigenvalue weighted by molar-refractivity contribution is -0.239. The standard InChI is InChI=1S/C7H10O2/c1-8-9-7-5-3-2-4-6-7/h2-3,5H,4,6H2,1H3. The molecule has 0 bridgehead atoms. The van der Waals surface area contributed by atoms with Gasteiger partial charge in [0, 0.05) is 6.42 Å². The zero-order valence-electron chi connectivity index (χ0n) is 5.46. The van der Waals surface area contributed by atoms with Gasteiger partial charge in [-0.2, -0.15) is 4.89 Å². The van der Waals surface area contributed by atoms with Crippen molar-refractivity contribution < 1.29 is 9.78 Å². The highest BCUT2D eigenvalue weighted by atomic mass is 17.2. The summed E-state index contributed by atoms with van der Waals surface area (Å²) in [5, 5.41) is 0. The second kappa shape index (κ2) is 3.30. The summed E-state index contributed by atoms with van der Waals surface area (Å²) in [6.07, 6.45) is 7.98. The molecule has 0 aromatic heterocycles. The van der Waals surface area contributed by atoms with Gasteiger partial charge in [0.2, 0.25) is 0 Å². The van der Waals surface area contributed by atoms with Crippen molar-refractivity contribution in [2.24, 2.45) is 0 Å². The van der Waals surface area contributed by atoms with Crippen LogP contribution in [0, 0.1) is 0 Å². The normalized spacial score (nSPS) is 17.2. The van der Waals surface area contributed by atoms with Crippen LogP contribution in [-0.2, 0) is 9.78 Å². The molecule has 1 aliphatic rings. The molecule has 1 rings (SSSR count). The molecule has 0 radical (unpaired) electrons. The van der Waals surface area contributed by atoms with Gasteiger partial charge in [0.1, 0.15) is 5.76 Å². The van der Waals surface area contributed by atoms with E-state index >= 15 is 0 Å². The molecule has 0 saturated carbocycles. The molecular weight excluding hydrogens is 116 g/mol. The van der Waals surface area contributed by atoms with Crippen molar-refractivity contribution in [3.63, 3.8) is 0 Å². The van der Waals surface area contributed by atoms with Gasteiger partial charge < -0.3 is 4.89 Å². The van der Waals surface area contributed by atoms with Gasteiger partial charge >= 0.3 is 0 Å². The molecule has 0 amide bonds. The van der Waals surface area contributed by atoms with Crippen molar-refractivity contribution in [1.29, 1.82) is 0 Å². The van der Waals surface area contributed by atoms with Crippen LogP contribution in [0.15, 0.2) is 24.0 Å². The van der Waals surface area contributed by atoms with Crippen molar-refractivity contribution in [2.45, 2.75) is 12.8 Å². The van der Waals surface area contributed by atoms with Crippen molar-refractivity contribution in [3.05, 3.63) is 24.0 Å². The number of hydrogen-bond acceptors (Lipinski definition) is 2. The van der Waals surface area contributed by atoms with Crippen molar-refractivity contribution in [1.82, 2.24) is 0 Å². The lowest BCUT2D eigenvalue weighted by Crippen LogP contribution is -1.92. The Morgan fingerprint density at radius 2 is 2.44 bits per heavy atom. The first kappa shape index (κ1) is 6.36. The third-order valence-corrected chi connectivity index (χ3v) is 1.17. The molecule has 50 valence electrons. The van der Waals surface area contributed by atoms with Crippen molar-refractivity contribution in [2.75, 3.05) is 7.11 Å². The van der Waals surface area contributed by atoms with Crippen molar-refractivity contribution in [3.8, 4) is 0 Å². The van der Waals surface area contributed by atoms with Crippen LogP contribution < -0.4 is 0 Å². The van der Waals surface area contributed by atoms with E-state index in [1.807, 2.05) is 12.2 Å². The summed E-state index contributed by atoms with van der Waals surface area (Å²) in [6.45, 7) is 0. The van der Waals surface area contributed by atoms with E-state index in [1.165, 1.54) is 7.11 Å². The Bertz CT molecular complexity index is 136. The van der Waals surface area contributed by atoms with E-state index in [0.717, 1.165) is 18.6 Å². The van der Waals surface area contributed by atoms with E-state index < -0.39 is 0 Å². The first-order valence-corrected chi connectivity index (χ1v) is 3.00. The van der Waals surface area contributed by atoms with Gasteiger partial charge in [-0.05, 0) is 12.5 Å². The molecule has 0 aromatic rings. The Morgan fingerprint density at radius 3 is 3.00 bits per heavy atom. The Balaban J connectivity index is 2.38. The zero-order valence-corrected chi connectivity index (χ0v) is 5.46. The van der Waals surface area contributed by atoms with E-state index in [4.69, 9.17) is 4.89 Å². The third kappa shape index (κ3) is 1.90. The average Bonchev–Trinajstić information content (AvgIpc) is 1.91. The molecule has 0 aromatic carbocycles. The maximum absolute atomic E-state index is 4.79. The second-order valence-corrected chi connectivity index (χ2v) is 1.85. The molecule has 0 unspecified atom stereocenters. The third-order valence-electron chi connectivity index (χ3n) is 1.17. The van der Waals surface area contributed by atoms with Crippen LogP contribution in [-0.4, -0.2) is 7.11 Å². The van der Waals surface area contributed by atoms with E-state index in [2.05, 4.69) is 11.0 Å². The monoisotopic (exact) mass is 126 g/mol. The minimum absolute atomic E-state index is 0.903. The number of hydrogen-bond donors (Lipinski definition) is 0. The summed E-state index contributed by atoms with van der Waals surface area (Å²) in [5.41, 5.74) is 0. The van der Waals surface area contributed by atoms with E-state index in [-0.39, 0.29) is 0 Å². The van der Waals surface area contributed by atoms with Crippen LogP contribution in [0.5, 0.6) is 0 Å². The molecule has 0 spiro atoms. The van der Waals surface area contributed by atoms with E-state index in [0.29, 0.717) is 0 Å². The molecule has 0 aliphatic heterocycles. The Labute approximate surface area is 54.7 Å². The first-order chi connectivity index (χ1) is 4.43. The van der Waals surface area contributed by atoms with Gasteiger partial charge in [-0.25, -0.2) is 0 Å². The maximum Gasteiger partial charge on any atom is 0.142 e. The van der Waals surface area contributed by atoms with E-state index in [9.17, 15) is 0 Å². The quantitative estimate of drug-likeness (QED) is 0.415. The lowest BCUT2D eigenvalue weighted by atomic mass is 10.2. The van der Waals surface area contributed by atoms with Crippen LogP contribution in [0.2, 0.25) is 0 Å². The molecule has 2 nitrogen and oxygen atoms in total. The Kier molecular flexibility index (Phi) is 2.33. The predicted octanol–water partition coefficient (Wildman–Crippen LogP) is 1.80. The molecule has 2 heteroatoms. The fourth-order valence-corrected chi connectivity index (χ4v) is 0.757. The van der Waals surface area contributed by atoms with Gasteiger partial charge in [0.15, 0.2) is 0 Å². The van der Waals surface area contributed by atoms with Crippen LogP contribution in [0.4, 0.5) is 0 Å². The Morgan fingerprint density at radius 1 is 1.56 bits per heavy atom. The summed E-state index contributed by atoms with van der Waals surface area (Å²) in [5.74, 6) is 0.903. The fourth-order valence-electron chi connectivity index (χ4n) is 0.757. The van der Waals surface area contributed by atoms with Crippen LogP contribution >= 0.6 is 0 Å². The topological polar surface area (TPSA) is 18.5 Å². The van der Waals surface area contributed by atoms with Gasteiger partial charge in [-0.3, -0.25) is 0 Å². The summed E-state index contributed by atoms with van der Waals surface area (Å²) < 4.78 is 0. The van der Waals surface area contributed by atoms with Gasteiger partial charge in [0.05, 0.1) is 7.11 Å². The van der Waals surface area contributed by atoms with Gasteiger partial charge in [-0.15, -0.1) is 0 Å². The van der Waals surface area contributed by atoms with Crippen LogP contribution in [0.1, 0.15) is 12.8 Å². The van der Waals surface area contributed by atoms with Crippen molar-refractivity contribution >= 4 is 0 Å². The van der Waals surface area contributed by atoms with Crippen LogP contribution in [0.3, 0.4) is 0 Å². The fraction of sp³-hybridized carbons (Fsp3) is 0.429. The number of rotatable bonds is 2. The highest BCUT2D eigenvalue weighted by molar-refractivity contribution is 5.12. The highest BCUT2D eigenvalue weighted by Crippen LogP contribution is 2.11. The predicted molar refractivity (Wildman–Crippen MR) is 34.6 cm³/mol. The van der Waals surface area contributed by atoms with Gasteiger partial charge in [0.25, 0.3) is 0 Å². The molecule has 9 heavy (non-hydrogen) atoms. The van der Waals surface area contributed by atoms with Gasteiger partial charge in [-0.1, -0.05) is 12.2 Å². The molecule has 0 atom stereocenters. The largest absolute Gasteiger partial charge is 0.342 e. The lowest BCUT2D eigenvalue weighted by Gasteiger charge is -2.05. The van der Waals surface area contributed by atoms with Crippen LogP contribution in [0.25, 0.3) is 0 Å². The minimum atomic E-state index is 0.903. The SMILES string of the molecule is COOC1=CC=CCC1. The molecule has 0 heterocycles. The second-order valence-electron chi connectivity index (χ2n) is 1.85. The van der Waals surface area contributed by atoms with E-state index in [1.54, 1.807) is 0 Å². The molecule has 0 N–H and O–H groups in total. The highest BCUT2D eigenvalue weighted by Gasteiger charge is 1.98. The molecule has 1 aliphatic carbocycles. The number of allylic oxidation sites excluding steroid dienone is 4.